The molecule has 0 aliphatic rings. The van der Waals surface area contributed by atoms with Gasteiger partial charge in [-0.15, -0.1) is 0 Å². The summed E-state index contributed by atoms with van der Waals surface area (Å²) in [7, 11) is 3.14. The third kappa shape index (κ3) is 5.83. The van der Waals surface area contributed by atoms with Gasteiger partial charge in [0.05, 0.1) is 12.7 Å². The number of methoxy groups -OCH3 is 2. The Labute approximate surface area is 111 Å². The number of nitrogens with one attached hydrogen (secondary N) is 1. The average molecular weight is 259 g/mol. The van der Waals surface area contributed by atoms with Gasteiger partial charge in [0.15, 0.2) is 0 Å². The zero-order chi connectivity index (χ0) is 14.3. The van der Waals surface area contributed by atoms with Crippen LogP contribution < -0.4 is 5.32 Å². The summed E-state index contributed by atoms with van der Waals surface area (Å²) in [6, 6.07) is -0.0549. The molecule has 108 valence electrons. The monoisotopic (exact) mass is 259 g/mol. The van der Waals surface area contributed by atoms with E-state index in [9.17, 15) is 4.79 Å². The van der Waals surface area contributed by atoms with E-state index in [2.05, 4.69) is 26.1 Å². The zero-order valence-electron chi connectivity index (χ0n) is 12.9. The van der Waals surface area contributed by atoms with Gasteiger partial charge in [0.25, 0.3) is 0 Å². The molecule has 3 unspecified atom stereocenters. The van der Waals surface area contributed by atoms with Crippen molar-refractivity contribution in [2.75, 3.05) is 14.2 Å². The molecule has 0 saturated heterocycles. The lowest BCUT2D eigenvalue weighted by Crippen LogP contribution is -2.48. The van der Waals surface area contributed by atoms with Crippen molar-refractivity contribution in [3.8, 4) is 0 Å². The summed E-state index contributed by atoms with van der Waals surface area (Å²) in [4.78, 5) is 11.8. The lowest BCUT2D eigenvalue weighted by molar-refractivity contribution is -0.145. The fourth-order valence-corrected chi connectivity index (χ4v) is 2.01. The van der Waals surface area contributed by atoms with E-state index in [0.717, 1.165) is 12.8 Å². The number of ether oxygens (including phenoxy) is 2. The van der Waals surface area contributed by atoms with Crippen LogP contribution in [0.25, 0.3) is 0 Å². The minimum absolute atomic E-state index is 0.188. The maximum Gasteiger partial charge on any atom is 0.323 e. The molecule has 0 aromatic carbocycles. The normalized spacial score (nSPS) is 17.1. The summed E-state index contributed by atoms with van der Waals surface area (Å²) in [6.45, 7) is 10.3. The van der Waals surface area contributed by atoms with Gasteiger partial charge in [-0.05, 0) is 33.1 Å². The third-order valence-corrected chi connectivity index (χ3v) is 3.48. The molecule has 0 fully saturated rings. The van der Waals surface area contributed by atoms with Gasteiger partial charge >= 0.3 is 5.97 Å². The molecule has 0 aliphatic carbocycles. The molecular weight excluding hydrogens is 230 g/mol. The highest BCUT2D eigenvalue weighted by atomic mass is 16.5. The van der Waals surface area contributed by atoms with Crippen LogP contribution in [0.3, 0.4) is 0 Å². The molecule has 0 spiro atoms. The van der Waals surface area contributed by atoms with E-state index in [1.807, 2.05) is 13.8 Å². The minimum Gasteiger partial charge on any atom is -0.468 e. The number of esters is 1. The van der Waals surface area contributed by atoms with Gasteiger partial charge in [-0.25, -0.2) is 0 Å². The highest BCUT2D eigenvalue weighted by Gasteiger charge is 2.28. The van der Waals surface area contributed by atoms with Gasteiger partial charge < -0.3 is 14.8 Å². The molecule has 3 atom stereocenters. The second-order valence-electron chi connectivity index (χ2n) is 5.62. The molecule has 0 amide bonds. The van der Waals surface area contributed by atoms with Gasteiger partial charge in [-0.2, -0.15) is 0 Å². The fraction of sp³-hybridized carbons (Fsp3) is 0.929. The first-order valence-electron chi connectivity index (χ1n) is 6.66. The topological polar surface area (TPSA) is 47.6 Å². The van der Waals surface area contributed by atoms with E-state index < -0.39 is 0 Å². The van der Waals surface area contributed by atoms with Crippen molar-refractivity contribution in [1.29, 1.82) is 0 Å². The molecule has 18 heavy (non-hydrogen) atoms. The van der Waals surface area contributed by atoms with Crippen LogP contribution in [-0.4, -0.2) is 37.9 Å². The number of carbonyl (C=O) groups excluding carboxylic acids is 1. The molecule has 0 bridgehead atoms. The number of hydrogen-bond donors (Lipinski definition) is 1. The number of rotatable bonds is 8. The first kappa shape index (κ1) is 17.4. The van der Waals surface area contributed by atoms with Crippen molar-refractivity contribution in [3.63, 3.8) is 0 Å². The van der Waals surface area contributed by atoms with Gasteiger partial charge in [0, 0.05) is 13.2 Å². The molecule has 0 radical (unpaired) electrons. The molecule has 0 aromatic heterocycles. The van der Waals surface area contributed by atoms with Crippen molar-refractivity contribution >= 4 is 5.97 Å². The van der Waals surface area contributed by atoms with E-state index in [-0.39, 0.29) is 29.6 Å². The fourth-order valence-electron chi connectivity index (χ4n) is 2.01. The van der Waals surface area contributed by atoms with Crippen molar-refractivity contribution in [3.05, 3.63) is 0 Å². The summed E-state index contributed by atoms with van der Waals surface area (Å²) >= 11 is 0. The van der Waals surface area contributed by atoms with Crippen LogP contribution in [0, 0.1) is 5.92 Å². The Morgan fingerprint density at radius 1 is 1.28 bits per heavy atom. The molecular formula is C14H29NO3. The predicted molar refractivity (Wildman–Crippen MR) is 73.6 cm³/mol. The van der Waals surface area contributed by atoms with Gasteiger partial charge in [0.2, 0.25) is 0 Å². The number of carbonyl (C=O) groups is 1. The van der Waals surface area contributed by atoms with E-state index in [1.165, 1.54) is 7.11 Å². The summed E-state index contributed by atoms with van der Waals surface area (Å²) in [5.74, 6) is 0.0666. The first-order valence-corrected chi connectivity index (χ1v) is 6.66. The van der Waals surface area contributed by atoms with E-state index in [4.69, 9.17) is 9.47 Å². The van der Waals surface area contributed by atoms with Crippen LogP contribution in [0.5, 0.6) is 0 Å². The molecule has 0 aromatic rings. The quantitative estimate of drug-likeness (QED) is 0.680. The Bertz CT molecular complexity index is 253. The molecule has 0 aliphatic heterocycles. The van der Waals surface area contributed by atoms with Crippen LogP contribution in [0.1, 0.15) is 47.5 Å². The van der Waals surface area contributed by atoms with E-state index in [1.54, 1.807) is 7.11 Å². The maximum absolute atomic E-state index is 11.8. The first-order chi connectivity index (χ1) is 8.27. The standard InChI is InChI=1S/C14H29NO3/c1-8-10(2)12(13(16)17-6)15-11(3)9-14(4,5)18-7/h10-12,15H,8-9H2,1-7H3. The zero-order valence-corrected chi connectivity index (χ0v) is 12.9. The Hall–Kier alpha value is -0.610. The summed E-state index contributed by atoms with van der Waals surface area (Å²) < 4.78 is 10.3. The molecule has 0 rings (SSSR count). The molecule has 1 N–H and O–H groups in total. The minimum atomic E-state index is -0.248. The predicted octanol–water partition coefficient (Wildman–Crippen LogP) is 2.37. The number of hydrogen-bond acceptors (Lipinski definition) is 4. The highest BCUT2D eigenvalue weighted by Crippen LogP contribution is 2.17. The summed E-state index contributed by atoms with van der Waals surface area (Å²) in [6.07, 6.45) is 1.78. The van der Waals surface area contributed by atoms with Crippen LogP contribution in [0.4, 0.5) is 0 Å². The second-order valence-corrected chi connectivity index (χ2v) is 5.62. The van der Waals surface area contributed by atoms with Crippen LogP contribution in [-0.2, 0) is 14.3 Å². The van der Waals surface area contributed by atoms with Crippen LogP contribution in [0.15, 0.2) is 0 Å². The van der Waals surface area contributed by atoms with Crippen molar-refractivity contribution in [1.82, 2.24) is 5.32 Å². The lowest BCUT2D eigenvalue weighted by atomic mass is 9.95. The third-order valence-electron chi connectivity index (χ3n) is 3.48. The molecule has 4 heteroatoms. The molecule has 0 heterocycles. The summed E-state index contributed by atoms with van der Waals surface area (Å²) in [5, 5.41) is 3.35. The van der Waals surface area contributed by atoms with E-state index >= 15 is 0 Å². The largest absolute Gasteiger partial charge is 0.468 e. The Kier molecular flexibility index (Phi) is 7.48. The van der Waals surface area contributed by atoms with E-state index in [0.29, 0.717) is 0 Å². The maximum atomic E-state index is 11.8. The Morgan fingerprint density at radius 2 is 1.83 bits per heavy atom. The van der Waals surface area contributed by atoms with Crippen LogP contribution in [0.2, 0.25) is 0 Å². The smallest absolute Gasteiger partial charge is 0.323 e. The average Bonchev–Trinajstić information content (AvgIpc) is 2.33. The SMILES string of the molecule is CCC(C)C(NC(C)CC(C)(C)OC)C(=O)OC. The highest BCUT2D eigenvalue weighted by molar-refractivity contribution is 5.76. The van der Waals surface area contributed by atoms with Crippen LogP contribution >= 0.6 is 0 Å². The van der Waals surface area contributed by atoms with Gasteiger partial charge in [-0.1, -0.05) is 20.3 Å². The lowest BCUT2D eigenvalue weighted by Gasteiger charge is -2.31. The summed E-state index contributed by atoms with van der Waals surface area (Å²) in [5.41, 5.74) is -0.192. The van der Waals surface area contributed by atoms with Crippen molar-refractivity contribution < 1.29 is 14.3 Å². The van der Waals surface area contributed by atoms with Crippen molar-refractivity contribution in [2.24, 2.45) is 5.92 Å². The Balaban J connectivity index is 4.54. The van der Waals surface area contributed by atoms with Gasteiger partial charge in [-0.3, -0.25) is 4.79 Å². The molecule has 4 nitrogen and oxygen atoms in total. The van der Waals surface area contributed by atoms with Gasteiger partial charge in [0.1, 0.15) is 6.04 Å². The second kappa shape index (κ2) is 7.74. The van der Waals surface area contributed by atoms with Crippen molar-refractivity contribution in [2.45, 2.75) is 65.1 Å². The molecule has 0 saturated carbocycles. The Morgan fingerprint density at radius 3 is 2.22 bits per heavy atom.